The second kappa shape index (κ2) is 15.0. The van der Waals surface area contributed by atoms with Crippen molar-refractivity contribution in [3.05, 3.63) is 46.0 Å². The number of anilines is 2. The van der Waals surface area contributed by atoms with Crippen LogP contribution < -0.4 is 15.1 Å². The monoisotopic (exact) mass is 586 g/mol. The zero-order valence-electron chi connectivity index (χ0n) is 23.1. The summed E-state index contributed by atoms with van der Waals surface area (Å²) in [6.07, 6.45) is 5.41. The molecule has 1 N–H and O–H groups in total. The van der Waals surface area contributed by atoms with Crippen LogP contribution in [0.4, 0.5) is 16.2 Å². The van der Waals surface area contributed by atoms with E-state index in [1.165, 1.54) is 0 Å². The van der Waals surface area contributed by atoms with E-state index in [1.807, 2.05) is 52.9 Å². The van der Waals surface area contributed by atoms with E-state index in [-0.39, 0.29) is 18.5 Å². The fourth-order valence-electron chi connectivity index (χ4n) is 4.31. The van der Waals surface area contributed by atoms with Gasteiger partial charge in [0.05, 0.1) is 32.8 Å². The summed E-state index contributed by atoms with van der Waals surface area (Å²) in [5.74, 6) is 0. The number of pyridine rings is 2. The van der Waals surface area contributed by atoms with Gasteiger partial charge in [-0.05, 0) is 66.1 Å². The number of rotatable bonds is 2. The van der Waals surface area contributed by atoms with Crippen LogP contribution in [0.3, 0.4) is 0 Å². The van der Waals surface area contributed by atoms with Gasteiger partial charge in [-0.25, -0.2) is 4.79 Å². The number of nitrogens with zero attached hydrogens (tertiary/aromatic N) is 5. The number of nitrogens with one attached hydrogen (secondary N) is 1. The Bertz CT molecular complexity index is 1040. The van der Waals surface area contributed by atoms with Gasteiger partial charge in [0, 0.05) is 58.2 Å². The van der Waals surface area contributed by atoms with Crippen molar-refractivity contribution in [3.63, 3.8) is 0 Å². The molecule has 1 amide bonds. The molecule has 4 heterocycles. The SMILES string of the molecule is Cc1nccc(N2CCCN(C(=O)OC(C)(C)C)CC2)c1Cl.Cc1nccc(N2CCCNCC2)c1Cl.Cl. The van der Waals surface area contributed by atoms with Gasteiger partial charge in [0.15, 0.2) is 0 Å². The van der Waals surface area contributed by atoms with Crippen LogP contribution in [0.2, 0.25) is 10.0 Å². The zero-order valence-corrected chi connectivity index (χ0v) is 25.4. The molecule has 0 bridgehead atoms. The van der Waals surface area contributed by atoms with Crippen LogP contribution in [0.25, 0.3) is 0 Å². The summed E-state index contributed by atoms with van der Waals surface area (Å²) >= 11 is 12.6. The van der Waals surface area contributed by atoms with E-state index in [1.54, 1.807) is 11.1 Å². The first kappa shape index (κ1) is 32.2. The number of ether oxygens (including phenoxy) is 1. The molecule has 2 fully saturated rings. The first-order valence-corrected chi connectivity index (χ1v) is 13.7. The fourth-order valence-corrected chi connectivity index (χ4v) is 4.77. The van der Waals surface area contributed by atoms with Gasteiger partial charge >= 0.3 is 6.09 Å². The minimum atomic E-state index is -0.464. The average molecular weight is 588 g/mol. The topological polar surface area (TPSA) is 73.8 Å². The van der Waals surface area contributed by atoms with E-state index < -0.39 is 5.60 Å². The number of carbonyl (C=O) groups is 1. The first-order chi connectivity index (χ1) is 17.6. The molecule has 2 aliphatic rings. The van der Waals surface area contributed by atoms with Gasteiger partial charge in [-0.3, -0.25) is 9.97 Å². The lowest BCUT2D eigenvalue weighted by Gasteiger charge is -2.27. The van der Waals surface area contributed by atoms with Crippen molar-refractivity contribution >= 4 is 53.1 Å². The van der Waals surface area contributed by atoms with Gasteiger partial charge in [0.2, 0.25) is 0 Å². The maximum absolute atomic E-state index is 12.2. The van der Waals surface area contributed by atoms with Crippen molar-refractivity contribution < 1.29 is 9.53 Å². The summed E-state index contributed by atoms with van der Waals surface area (Å²) in [5, 5.41) is 4.86. The molecule has 0 radical (unpaired) electrons. The second-order valence-electron chi connectivity index (χ2n) is 10.4. The third-order valence-corrected chi connectivity index (χ3v) is 7.19. The van der Waals surface area contributed by atoms with Crippen LogP contribution >= 0.6 is 35.6 Å². The van der Waals surface area contributed by atoms with E-state index >= 15 is 0 Å². The second-order valence-corrected chi connectivity index (χ2v) is 11.1. The summed E-state index contributed by atoms with van der Waals surface area (Å²) in [6, 6.07) is 3.93. The summed E-state index contributed by atoms with van der Waals surface area (Å²) < 4.78 is 5.45. The molecule has 0 spiro atoms. The van der Waals surface area contributed by atoms with Gasteiger partial charge in [0.1, 0.15) is 5.60 Å². The normalized spacial score (nSPS) is 16.4. The van der Waals surface area contributed by atoms with Gasteiger partial charge in [-0.1, -0.05) is 23.2 Å². The Morgan fingerprint density at radius 3 is 1.97 bits per heavy atom. The minimum absolute atomic E-state index is 0. The van der Waals surface area contributed by atoms with Crippen molar-refractivity contribution in [2.75, 3.05) is 62.2 Å². The standard InChI is InChI=1S/C16H24ClN3O2.C11H16ClN3.ClH/c1-12-14(17)13(6-7-18-12)19-8-5-9-20(11-10-19)15(21)22-16(2,3)4;1-9-11(12)10(3-5-14-9)15-7-2-4-13-6-8-15;/h6-7H,5,8-11H2,1-4H3;3,5,13H,2,4,6-8H2,1H3;1H. The first-order valence-electron chi connectivity index (χ1n) is 13.0. The Kier molecular flexibility index (Phi) is 12.7. The molecular weight excluding hydrogens is 547 g/mol. The highest BCUT2D eigenvalue weighted by molar-refractivity contribution is 6.34. The Morgan fingerprint density at radius 1 is 0.842 bits per heavy atom. The summed E-state index contributed by atoms with van der Waals surface area (Å²) in [5.41, 5.74) is 3.38. The predicted molar refractivity (Wildman–Crippen MR) is 160 cm³/mol. The van der Waals surface area contributed by atoms with Crippen molar-refractivity contribution in [2.45, 2.75) is 53.1 Å². The highest BCUT2D eigenvalue weighted by Gasteiger charge is 2.25. The largest absolute Gasteiger partial charge is 0.444 e. The third-order valence-electron chi connectivity index (χ3n) is 6.26. The molecule has 4 rings (SSSR count). The smallest absolute Gasteiger partial charge is 0.410 e. The fraction of sp³-hybridized carbons (Fsp3) is 0.593. The number of halogens is 3. The van der Waals surface area contributed by atoms with Crippen molar-refractivity contribution in [2.24, 2.45) is 0 Å². The van der Waals surface area contributed by atoms with Gasteiger partial charge in [0.25, 0.3) is 0 Å². The van der Waals surface area contributed by atoms with Crippen molar-refractivity contribution in [3.8, 4) is 0 Å². The molecular formula is C27H41Cl3N6O2. The number of amides is 1. The molecule has 2 aromatic rings. The molecule has 2 aliphatic heterocycles. The molecule has 8 nitrogen and oxygen atoms in total. The van der Waals surface area contributed by atoms with Crippen molar-refractivity contribution in [1.29, 1.82) is 0 Å². The predicted octanol–water partition coefficient (Wildman–Crippen LogP) is 5.76. The lowest BCUT2D eigenvalue weighted by Crippen LogP contribution is -2.39. The Labute approximate surface area is 243 Å². The molecule has 212 valence electrons. The minimum Gasteiger partial charge on any atom is -0.444 e. The number of hydrogen-bond donors (Lipinski definition) is 1. The molecule has 11 heteroatoms. The molecule has 0 atom stereocenters. The van der Waals surface area contributed by atoms with Gasteiger partial charge < -0.3 is 24.8 Å². The molecule has 0 aliphatic carbocycles. The van der Waals surface area contributed by atoms with Crippen LogP contribution in [-0.4, -0.2) is 78.9 Å². The van der Waals surface area contributed by atoms with E-state index in [4.69, 9.17) is 27.9 Å². The number of hydrogen-bond acceptors (Lipinski definition) is 7. The Morgan fingerprint density at radius 2 is 1.39 bits per heavy atom. The highest BCUT2D eigenvalue weighted by Crippen LogP contribution is 2.29. The average Bonchev–Trinajstić information content (AvgIpc) is 3.26. The third kappa shape index (κ3) is 9.33. The van der Waals surface area contributed by atoms with Crippen LogP contribution in [0.5, 0.6) is 0 Å². The highest BCUT2D eigenvalue weighted by atomic mass is 35.5. The maximum Gasteiger partial charge on any atom is 0.410 e. The maximum atomic E-state index is 12.2. The molecule has 2 saturated heterocycles. The Hall–Kier alpha value is -2.00. The summed E-state index contributed by atoms with van der Waals surface area (Å²) in [4.78, 5) is 26.9. The lowest BCUT2D eigenvalue weighted by molar-refractivity contribution is 0.0263. The molecule has 0 aromatic carbocycles. The quantitative estimate of drug-likeness (QED) is 0.479. The number of aryl methyl sites for hydroxylation is 2. The van der Waals surface area contributed by atoms with Crippen LogP contribution in [0, 0.1) is 13.8 Å². The molecule has 0 saturated carbocycles. The lowest BCUT2D eigenvalue weighted by atomic mass is 10.2. The van der Waals surface area contributed by atoms with Crippen LogP contribution in [0.1, 0.15) is 45.0 Å². The van der Waals surface area contributed by atoms with Gasteiger partial charge in [-0.15, -0.1) is 12.4 Å². The van der Waals surface area contributed by atoms with E-state index in [9.17, 15) is 4.79 Å². The zero-order chi connectivity index (χ0) is 27.0. The van der Waals surface area contributed by atoms with E-state index in [0.29, 0.717) is 18.1 Å². The number of carbonyl (C=O) groups excluding carboxylic acids is 1. The molecule has 2 aromatic heterocycles. The van der Waals surface area contributed by atoms with Crippen LogP contribution in [-0.2, 0) is 4.74 Å². The van der Waals surface area contributed by atoms with E-state index in [2.05, 4.69) is 25.1 Å². The van der Waals surface area contributed by atoms with Gasteiger partial charge in [-0.2, -0.15) is 0 Å². The van der Waals surface area contributed by atoms with Crippen LogP contribution in [0.15, 0.2) is 24.5 Å². The molecule has 38 heavy (non-hydrogen) atoms. The summed E-state index contributed by atoms with van der Waals surface area (Å²) in [7, 11) is 0. The Balaban J connectivity index is 0.000000277. The number of aromatic nitrogens is 2. The summed E-state index contributed by atoms with van der Waals surface area (Å²) in [6.45, 7) is 16.6. The van der Waals surface area contributed by atoms with E-state index in [0.717, 1.165) is 79.9 Å². The molecule has 0 unspecified atom stereocenters. The van der Waals surface area contributed by atoms with Crippen molar-refractivity contribution in [1.82, 2.24) is 20.2 Å².